The van der Waals surface area contributed by atoms with Crippen LogP contribution in [-0.2, 0) is 26.6 Å². The van der Waals surface area contributed by atoms with E-state index in [-0.39, 0.29) is 0 Å². The van der Waals surface area contributed by atoms with Crippen LogP contribution in [0.3, 0.4) is 0 Å². The first-order valence-corrected chi connectivity index (χ1v) is 8.35. The van der Waals surface area contributed by atoms with Crippen molar-refractivity contribution in [3.05, 3.63) is 41.5 Å². The van der Waals surface area contributed by atoms with Crippen molar-refractivity contribution >= 4 is 5.71 Å². The molecule has 0 spiro atoms. The number of hydrogen-bond acceptors (Lipinski definition) is 5. The molecule has 0 fully saturated rings. The van der Waals surface area contributed by atoms with Gasteiger partial charge in [-0.05, 0) is 19.3 Å². The molecule has 120 valence electrons. The van der Waals surface area contributed by atoms with E-state index in [1.807, 2.05) is 24.1 Å². The Labute approximate surface area is 136 Å². The predicted molar refractivity (Wildman–Crippen MR) is 88.3 cm³/mol. The molecule has 0 atom stereocenters. The number of rotatable bonds is 3. The lowest BCUT2D eigenvalue weighted by molar-refractivity contribution is 0.240. The van der Waals surface area contributed by atoms with Crippen LogP contribution in [0.25, 0.3) is 0 Å². The molecule has 2 aliphatic rings. The molecular weight excluding hydrogens is 288 g/mol. The van der Waals surface area contributed by atoms with Gasteiger partial charge in [-0.15, -0.1) is 0 Å². The van der Waals surface area contributed by atoms with Crippen LogP contribution in [0.4, 0.5) is 0 Å². The zero-order valence-corrected chi connectivity index (χ0v) is 13.6. The van der Waals surface area contributed by atoms with Crippen molar-refractivity contribution in [1.82, 2.24) is 24.4 Å². The van der Waals surface area contributed by atoms with E-state index < -0.39 is 0 Å². The fourth-order valence-electron chi connectivity index (χ4n) is 3.31. The Morgan fingerprint density at radius 2 is 2.13 bits per heavy atom. The monoisotopic (exact) mass is 310 g/mol. The van der Waals surface area contributed by atoms with Crippen molar-refractivity contribution in [2.75, 3.05) is 13.1 Å². The molecule has 6 nitrogen and oxygen atoms in total. The number of aryl methyl sites for hydroxylation is 1. The normalized spacial score (nSPS) is 18.6. The summed E-state index contributed by atoms with van der Waals surface area (Å²) in [6.45, 7) is 3.73. The van der Waals surface area contributed by atoms with E-state index in [0.717, 1.165) is 56.3 Å². The minimum absolute atomic E-state index is 0.849. The Kier molecular flexibility index (Phi) is 3.91. The average molecular weight is 310 g/mol. The van der Waals surface area contributed by atoms with Gasteiger partial charge in [-0.1, -0.05) is 0 Å². The Morgan fingerprint density at radius 3 is 2.91 bits per heavy atom. The Bertz CT molecular complexity index is 732. The molecule has 0 bridgehead atoms. The SMILES string of the molecule is Cn1cnc(CN2CCc3nc(C4=NCCCC4)ncc3C2)c1. The highest BCUT2D eigenvalue weighted by Crippen LogP contribution is 2.19. The van der Waals surface area contributed by atoms with Gasteiger partial charge in [0, 0.05) is 57.6 Å². The maximum atomic E-state index is 4.79. The van der Waals surface area contributed by atoms with E-state index in [0.29, 0.717) is 0 Å². The molecule has 2 aromatic rings. The lowest BCUT2D eigenvalue weighted by Gasteiger charge is -2.27. The summed E-state index contributed by atoms with van der Waals surface area (Å²) < 4.78 is 1.99. The molecule has 2 aromatic heterocycles. The molecule has 6 heteroatoms. The first-order chi connectivity index (χ1) is 11.3. The molecule has 0 aliphatic carbocycles. The van der Waals surface area contributed by atoms with Crippen LogP contribution >= 0.6 is 0 Å². The van der Waals surface area contributed by atoms with E-state index in [2.05, 4.69) is 26.1 Å². The fraction of sp³-hybridized carbons (Fsp3) is 0.529. The summed E-state index contributed by atoms with van der Waals surface area (Å²) in [6, 6.07) is 0. The van der Waals surface area contributed by atoms with Gasteiger partial charge in [0.2, 0.25) is 0 Å². The van der Waals surface area contributed by atoms with Gasteiger partial charge >= 0.3 is 0 Å². The van der Waals surface area contributed by atoms with Gasteiger partial charge in [-0.25, -0.2) is 15.0 Å². The Balaban J connectivity index is 1.48. The zero-order chi connectivity index (χ0) is 15.6. The fourth-order valence-corrected chi connectivity index (χ4v) is 3.31. The minimum atomic E-state index is 0.849. The smallest absolute Gasteiger partial charge is 0.173 e. The third kappa shape index (κ3) is 3.17. The second-order valence-corrected chi connectivity index (χ2v) is 6.44. The maximum Gasteiger partial charge on any atom is 0.173 e. The third-order valence-electron chi connectivity index (χ3n) is 4.54. The molecule has 2 aliphatic heterocycles. The lowest BCUT2D eigenvalue weighted by atomic mass is 10.1. The summed E-state index contributed by atoms with van der Waals surface area (Å²) in [5.74, 6) is 0.849. The first-order valence-electron chi connectivity index (χ1n) is 8.35. The molecule has 23 heavy (non-hydrogen) atoms. The van der Waals surface area contributed by atoms with Gasteiger partial charge in [0.15, 0.2) is 5.82 Å². The van der Waals surface area contributed by atoms with Crippen LogP contribution < -0.4 is 0 Å². The molecule has 0 radical (unpaired) electrons. The summed E-state index contributed by atoms with van der Waals surface area (Å²) in [6.07, 6.45) is 10.3. The highest BCUT2D eigenvalue weighted by molar-refractivity contribution is 5.97. The number of aromatic nitrogens is 4. The van der Waals surface area contributed by atoms with Crippen LogP contribution in [0, 0.1) is 0 Å². The van der Waals surface area contributed by atoms with E-state index in [9.17, 15) is 0 Å². The molecule has 0 saturated heterocycles. The van der Waals surface area contributed by atoms with Crippen molar-refractivity contribution < 1.29 is 0 Å². The Morgan fingerprint density at radius 1 is 1.17 bits per heavy atom. The molecule has 0 amide bonds. The van der Waals surface area contributed by atoms with E-state index in [1.165, 1.54) is 24.1 Å². The number of aliphatic imine (C=N–C) groups is 1. The quantitative estimate of drug-likeness (QED) is 0.866. The van der Waals surface area contributed by atoms with E-state index >= 15 is 0 Å². The lowest BCUT2D eigenvalue weighted by Crippen LogP contribution is -2.31. The van der Waals surface area contributed by atoms with E-state index in [4.69, 9.17) is 4.98 Å². The molecule has 4 heterocycles. The first kappa shape index (κ1) is 14.5. The molecule has 0 unspecified atom stereocenters. The number of fused-ring (bicyclic) bond motifs is 1. The Hall–Kier alpha value is -2.08. The van der Waals surface area contributed by atoms with Gasteiger partial charge in [0.1, 0.15) is 0 Å². The number of nitrogens with zero attached hydrogens (tertiary/aromatic N) is 6. The summed E-state index contributed by atoms with van der Waals surface area (Å²) in [7, 11) is 2.01. The van der Waals surface area contributed by atoms with E-state index in [1.54, 1.807) is 0 Å². The van der Waals surface area contributed by atoms with Gasteiger partial charge < -0.3 is 4.57 Å². The van der Waals surface area contributed by atoms with Gasteiger partial charge in [0.25, 0.3) is 0 Å². The molecule has 0 saturated carbocycles. The summed E-state index contributed by atoms with van der Waals surface area (Å²) in [5, 5.41) is 0. The van der Waals surface area contributed by atoms with Gasteiger partial charge in [-0.2, -0.15) is 0 Å². The van der Waals surface area contributed by atoms with Crippen molar-refractivity contribution in [2.24, 2.45) is 12.0 Å². The largest absolute Gasteiger partial charge is 0.340 e. The van der Waals surface area contributed by atoms with Gasteiger partial charge in [0.05, 0.1) is 23.4 Å². The van der Waals surface area contributed by atoms with Crippen LogP contribution in [0.15, 0.2) is 23.7 Å². The zero-order valence-electron chi connectivity index (χ0n) is 13.6. The molecular formula is C17H22N6. The topological polar surface area (TPSA) is 59.2 Å². The van der Waals surface area contributed by atoms with Crippen LogP contribution in [0.1, 0.15) is 42.0 Å². The highest BCUT2D eigenvalue weighted by Gasteiger charge is 2.20. The second-order valence-electron chi connectivity index (χ2n) is 6.44. The number of hydrogen-bond donors (Lipinski definition) is 0. The maximum absolute atomic E-state index is 4.79. The van der Waals surface area contributed by atoms with Crippen LogP contribution in [0.5, 0.6) is 0 Å². The predicted octanol–water partition coefficient (Wildman–Crippen LogP) is 1.74. The third-order valence-corrected chi connectivity index (χ3v) is 4.54. The number of imidazole rings is 1. The van der Waals surface area contributed by atoms with Crippen molar-refractivity contribution in [2.45, 2.75) is 38.8 Å². The summed E-state index contributed by atoms with van der Waals surface area (Å²) in [4.78, 5) is 20.8. The molecule has 0 aromatic carbocycles. The molecule has 0 N–H and O–H groups in total. The average Bonchev–Trinajstić information content (AvgIpc) is 3.00. The van der Waals surface area contributed by atoms with Crippen LogP contribution in [0.2, 0.25) is 0 Å². The van der Waals surface area contributed by atoms with Crippen molar-refractivity contribution in [1.29, 1.82) is 0 Å². The highest BCUT2D eigenvalue weighted by atomic mass is 15.2. The van der Waals surface area contributed by atoms with Crippen molar-refractivity contribution in [3.63, 3.8) is 0 Å². The van der Waals surface area contributed by atoms with Crippen LogP contribution in [-0.4, -0.2) is 43.2 Å². The standard InChI is InChI=1S/C17H22N6/c1-22-10-14(20-12-22)11-23-7-5-15-13(9-23)8-19-17(21-15)16-4-2-3-6-18-16/h8,10,12H,2-7,9,11H2,1H3. The minimum Gasteiger partial charge on any atom is -0.340 e. The summed E-state index contributed by atoms with van der Waals surface area (Å²) in [5.41, 5.74) is 4.65. The van der Waals surface area contributed by atoms with Gasteiger partial charge in [-0.3, -0.25) is 9.89 Å². The second kappa shape index (κ2) is 6.20. The summed E-state index contributed by atoms with van der Waals surface area (Å²) >= 11 is 0. The molecule has 4 rings (SSSR count). The van der Waals surface area contributed by atoms with Crippen molar-refractivity contribution in [3.8, 4) is 0 Å².